The highest BCUT2D eigenvalue weighted by atomic mass is 16.4. The van der Waals surface area contributed by atoms with Gasteiger partial charge in [-0.25, -0.2) is 4.79 Å². The van der Waals surface area contributed by atoms with Crippen LogP contribution in [0.15, 0.2) is 0 Å². The second-order valence-electron chi connectivity index (χ2n) is 4.56. The highest BCUT2D eigenvalue weighted by Crippen LogP contribution is 2.19. The zero-order chi connectivity index (χ0) is 12.3. The predicted octanol–water partition coefficient (Wildman–Crippen LogP) is -0.0493. The van der Waals surface area contributed by atoms with E-state index in [2.05, 4.69) is 5.32 Å². The van der Waals surface area contributed by atoms with Crippen molar-refractivity contribution in [1.29, 1.82) is 0 Å². The van der Waals surface area contributed by atoms with Crippen LogP contribution >= 0.6 is 0 Å². The Bertz CT molecular complexity index is 302. The second kappa shape index (κ2) is 5.35. The van der Waals surface area contributed by atoms with E-state index in [4.69, 9.17) is 5.11 Å². The summed E-state index contributed by atoms with van der Waals surface area (Å²) in [6.07, 6.45) is 1.48. The van der Waals surface area contributed by atoms with E-state index in [1.54, 1.807) is 4.90 Å². The van der Waals surface area contributed by atoms with Crippen molar-refractivity contribution in [2.24, 2.45) is 0 Å². The summed E-state index contributed by atoms with van der Waals surface area (Å²) in [6.45, 7) is 3.44. The van der Waals surface area contributed by atoms with Gasteiger partial charge in [0.15, 0.2) is 0 Å². The van der Waals surface area contributed by atoms with Crippen LogP contribution in [0.5, 0.6) is 0 Å². The van der Waals surface area contributed by atoms with E-state index in [1.807, 2.05) is 0 Å². The average Bonchev–Trinajstić information content (AvgIpc) is 2.39. The Morgan fingerprint density at radius 1 is 1.12 bits per heavy atom. The molecule has 0 unspecified atom stereocenters. The molecule has 2 amide bonds. The van der Waals surface area contributed by atoms with E-state index in [1.165, 1.54) is 4.90 Å². The lowest BCUT2D eigenvalue weighted by atomic mass is 10.0. The number of carbonyl (C=O) groups excluding carboxylic acids is 1. The summed E-state index contributed by atoms with van der Waals surface area (Å²) in [5, 5.41) is 12.3. The maximum absolute atomic E-state index is 12.3. The van der Waals surface area contributed by atoms with E-state index in [9.17, 15) is 9.59 Å². The predicted molar refractivity (Wildman–Crippen MR) is 61.8 cm³/mol. The van der Waals surface area contributed by atoms with E-state index in [0.29, 0.717) is 26.1 Å². The molecule has 0 spiro atoms. The molecule has 2 aliphatic rings. The standard InChI is InChI=1S/C11H19N3O3/c15-10(13-7-4-12-5-8-13)9-3-1-2-6-14(9)11(16)17/h9,12H,1-8H2,(H,16,17)/t9-/m1/s1. The molecule has 96 valence electrons. The molecule has 6 nitrogen and oxygen atoms in total. The fraction of sp³-hybridized carbons (Fsp3) is 0.818. The average molecular weight is 241 g/mol. The molecule has 2 saturated heterocycles. The molecule has 2 aliphatic heterocycles. The third kappa shape index (κ3) is 2.69. The van der Waals surface area contributed by atoms with Crippen molar-refractivity contribution in [2.45, 2.75) is 25.3 Å². The van der Waals surface area contributed by atoms with Crippen molar-refractivity contribution in [3.8, 4) is 0 Å². The van der Waals surface area contributed by atoms with Gasteiger partial charge in [0, 0.05) is 32.7 Å². The van der Waals surface area contributed by atoms with Crippen molar-refractivity contribution in [3.63, 3.8) is 0 Å². The molecule has 2 fully saturated rings. The van der Waals surface area contributed by atoms with E-state index < -0.39 is 12.1 Å². The van der Waals surface area contributed by atoms with Crippen molar-refractivity contribution >= 4 is 12.0 Å². The van der Waals surface area contributed by atoms with Crippen molar-refractivity contribution in [2.75, 3.05) is 32.7 Å². The van der Waals surface area contributed by atoms with Gasteiger partial charge in [-0.1, -0.05) is 0 Å². The van der Waals surface area contributed by atoms with E-state index in [-0.39, 0.29) is 5.91 Å². The Morgan fingerprint density at radius 2 is 1.82 bits per heavy atom. The highest BCUT2D eigenvalue weighted by Gasteiger charge is 2.34. The minimum absolute atomic E-state index is 0.0198. The van der Waals surface area contributed by atoms with Gasteiger partial charge < -0.3 is 15.3 Å². The molecule has 0 radical (unpaired) electrons. The summed E-state index contributed by atoms with van der Waals surface area (Å²) in [5.74, 6) is -0.0198. The normalized spacial score (nSPS) is 25.8. The van der Waals surface area contributed by atoms with Crippen molar-refractivity contribution in [1.82, 2.24) is 15.1 Å². The number of amides is 2. The number of hydrogen-bond donors (Lipinski definition) is 2. The first-order valence-electron chi connectivity index (χ1n) is 6.19. The third-order valence-corrected chi connectivity index (χ3v) is 3.46. The molecule has 2 rings (SSSR count). The second-order valence-corrected chi connectivity index (χ2v) is 4.56. The molecular weight excluding hydrogens is 222 g/mol. The molecule has 0 bridgehead atoms. The Kier molecular flexibility index (Phi) is 3.83. The Morgan fingerprint density at radius 3 is 2.47 bits per heavy atom. The first-order valence-corrected chi connectivity index (χ1v) is 6.19. The first kappa shape index (κ1) is 12.2. The Balaban J connectivity index is 2.02. The van der Waals surface area contributed by atoms with Crippen LogP contribution in [0.25, 0.3) is 0 Å². The fourth-order valence-electron chi connectivity index (χ4n) is 2.51. The largest absolute Gasteiger partial charge is 0.465 e. The van der Waals surface area contributed by atoms with Gasteiger partial charge in [-0.05, 0) is 19.3 Å². The van der Waals surface area contributed by atoms with Crippen molar-refractivity contribution < 1.29 is 14.7 Å². The number of nitrogens with zero attached hydrogens (tertiary/aromatic N) is 2. The smallest absolute Gasteiger partial charge is 0.407 e. The van der Waals surface area contributed by atoms with Crippen molar-refractivity contribution in [3.05, 3.63) is 0 Å². The number of nitrogens with one attached hydrogen (secondary N) is 1. The van der Waals surface area contributed by atoms with Crippen LogP contribution in [0.2, 0.25) is 0 Å². The lowest BCUT2D eigenvalue weighted by Crippen LogP contribution is -2.56. The van der Waals surface area contributed by atoms with E-state index >= 15 is 0 Å². The molecule has 0 aliphatic carbocycles. The number of carboxylic acid groups (broad SMARTS) is 1. The number of rotatable bonds is 1. The number of piperazine rings is 1. The molecular formula is C11H19N3O3. The lowest BCUT2D eigenvalue weighted by molar-refractivity contribution is -0.138. The number of likely N-dealkylation sites (tertiary alicyclic amines) is 1. The van der Waals surface area contributed by atoms with Gasteiger partial charge in [-0.3, -0.25) is 9.69 Å². The van der Waals surface area contributed by atoms with Gasteiger partial charge in [-0.2, -0.15) is 0 Å². The molecule has 0 aromatic carbocycles. The van der Waals surface area contributed by atoms with Gasteiger partial charge in [-0.15, -0.1) is 0 Å². The van der Waals surface area contributed by atoms with Gasteiger partial charge in [0.25, 0.3) is 0 Å². The summed E-state index contributed by atoms with van der Waals surface area (Å²) in [4.78, 5) is 26.4. The third-order valence-electron chi connectivity index (χ3n) is 3.46. The van der Waals surface area contributed by atoms with Crippen LogP contribution in [-0.4, -0.2) is 65.7 Å². The maximum Gasteiger partial charge on any atom is 0.407 e. The summed E-state index contributed by atoms with van der Waals surface area (Å²) < 4.78 is 0. The highest BCUT2D eigenvalue weighted by molar-refractivity contribution is 5.85. The van der Waals surface area contributed by atoms with Gasteiger partial charge in [0.05, 0.1) is 0 Å². The van der Waals surface area contributed by atoms with Crippen LogP contribution in [-0.2, 0) is 4.79 Å². The first-order chi connectivity index (χ1) is 8.20. The van der Waals surface area contributed by atoms with Crippen LogP contribution in [0.4, 0.5) is 4.79 Å². The number of hydrogen-bond acceptors (Lipinski definition) is 3. The summed E-state index contributed by atoms with van der Waals surface area (Å²) in [5.41, 5.74) is 0. The van der Waals surface area contributed by atoms with Gasteiger partial charge in [0.2, 0.25) is 5.91 Å². The topological polar surface area (TPSA) is 72.9 Å². The molecule has 17 heavy (non-hydrogen) atoms. The van der Waals surface area contributed by atoms with Crippen LogP contribution in [0.1, 0.15) is 19.3 Å². The fourth-order valence-corrected chi connectivity index (χ4v) is 2.51. The zero-order valence-electron chi connectivity index (χ0n) is 9.89. The monoisotopic (exact) mass is 241 g/mol. The van der Waals surface area contributed by atoms with Gasteiger partial charge >= 0.3 is 6.09 Å². The van der Waals surface area contributed by atoms with Crippen LogP contribution in [0, 0.1) is 0 Å². The minimum Gasteiger partial charge on any atom is -0.465 e. The summed E-state index contributed by atoms with van der Waals surface area (Å²) in [7, 11) is 0. The SMILES string of the molecule is O=C([C@H]1CCCCN1C(=O)O)N1CCNCC1. The molecule has 0 aromatic rings. The Labute approximate surface area is 101 Å². The van der Waals surface area contributed by atoms with Crippen LogP contribution < -0.4 is 5.32 Å². The van der Waals surface area contributed by atoms with Crippen LogP contribution in [0.3, 0.4) is 0 Å². The molecule has 0 saturated carbocycles. The summed E-state index contributed by atoms with van der Waals surface area (Å²) in [6, 6.07) is -0.459. The molecule has 0 aromatic heterocycles. The molecule has 2 heterocycles. The summed E-state index contributed by atoms with van der Waals surface area (Å²) >= 11 is 0. The number of piperidine rings is 1. The Hall–Kier alpha value is -1.30. The maximum atomic E-state index is 12.3. The molecule has 2 N–H and O–H groups in total. The minimum atomic E-state index is -0.974. The lowest BCUT2D eigenvalue weighted by Gasteiger charge is -2.37. The van der Waals surface area contributed by atoms with Gasteiger partial charge in [0.1, 0.15) is 6.04 Å². The van der Waals surface area contributed by atoms with E-state index in [0.717, 1.165) is 25.9 Å². The quantitative estimate of drug-likeness (QED) is 0.675. The zero-order valence-corrected chi connectivity index (χ0v) is 9.89. The molecule has 1 atom stereocenters. The molecule has 6 heteroatoms. The number of carbonyl (C=O) groups is 2.